The number of hydrogen-bond donors (Lipinski definition) is 2. The average Bonchev–Trinajstić information content (AvgIpc) is 3.52. The molecule has 2 atom stereocenters. The van der Waals surface area contributed by atoms with E-state index in [9.17, 15) is 19.5 Å². The highest BCUT2D eigenvalue weighted by molar-refractivity contribution is 8.00. The number of fused-ring (bicyclic) bond motifs is 1. The number of nitrogens with zero attached hydrogens (tertiary/aromatic N) is 6. The van der Waals surface area contributed by atoms with Gasteiger partial charge in [-0.2, -0.15) is 0 Å². The van der Waals surface area contributed by atoms with Gasteiger partial charge in [-0.15, -0.1) is 60.3 Å². The normalized spacial score (nSPS) is 17.7. The Morgan fingerprint density at radius 1 is 1.27 bits per heavy atom. The van der Waals surface area contributed by atoms with E-state index in [0.29, 0.717) is 17.9 Å². The second-order valence-electron chi connectivity index (χ2n) is 8.43. The van der Waals surface area contributed by atoms with Gasteiger partial charge in [-0.3, -0.25) is 14.5 Å². The van der Waals surface area contributed by atoms with Gasteiger partial charge in [0.2, 0.25) is 0 Å². The third-order valence-electron chi connectivity index (χ3n) is 5.94. The molecule has 18 heteroatoms. The number of rotatable bonds is 9. The Balaban J connectivity index is 0.00000196. The number of amides is 2. The molecule has 0 spiro atoms. The van der Waals surface area contributed by atoms with Crippen LogP contribution in [0.15, 0.2) is 64.9 Å². The van der Waals surface area contributed by atoms with Crippen LogP contribution in [0.25, 0.3) is 0 Å². The minimum Gasteiger partial charge on any atom is -0.543 e. The Hall–Kier alpha value is -3.37. The second-order valence-corrected chi connectivity index (χ2v) is 10.4. The van der Waals surface area contributed by atoms with Crippen molar-refractivity contribution in [2.45, 2.75) is 24.6 Å². The van der Waals surface area contributed by atoms with Gasteiger partial charge < -0.3 is 30.4 Å². The number of hydrogen-bond acceptors (Lipinski definition) is 11. The van der Waals surface area contributed by atoms with Gasteiger partial charge >= 0.3 is 0 Å². The lowest BCUT2D eigenvalue weighted by Crippen LogP contribution is -2.71. The lowest BCUT2D eigenvalue weighted by Gasteiger charge is -2.50. The topological polar surface area (TPSA) is 172 Å². The van der Waals surface area contributed by atoms with E-state index in [0.717, 1.165) is 17.0 Å². The summed E-state index contributed by atoms with van der Waals surface area (Å²) in [6.45, 7) is 0.338. The Kier molecular flexibility index (Phi) is 12.0. The molecule has 3 aromatic heterocycles. The van der Waals surface area contributed by atoms with E-state index in [2.05, 4.69) is 20.4 Å². The number of aryl methyl sites for hydroxylation is 1. The number of imidazole rings is 1. The first-order valence-corrected chi connectivity index (χ1v) is 13.3. The number of oxime groups is 1. The van der Waals surface area contributed by atoms with Crippen LogP contribution in [0.2, 0.25) is 0 Å². The number of carbonyl (C=O) groups is 3. The summed E-state index contributed by atoms with van der Waals surface area (Å²) in [7, 11) is 1.79. The van der Waals surface area contributed by atoms with E-state index in [1.807, 2.05) is 22.8 Å². The Morgan fingerprint density at radius 2 is 2.00 bits per heavy atom. The van der Waals surface area contributed by atoms with Gasteiger partial charge in [0, 0.05) is 35.9 Å². The number of nitrogens with one attached hydrogen (secondary N) is 1. The maximum absolute atomic E-state index is 13.2. The van der Waals surface area contributed by atoms with Gasteiger partial charge in [-0.1, -0.05) is 11.2 Å². The minimum absolute atomic E-state index is 0. The molecule has 1 saturated heterocycles. The van der Waals surface area contributed by atoms with E-state index in [-0.39, 0.29) is 66.1 Å². The Morgan fingerprint density at radius 3 is 2.61 bits per heavy atom. The van der Waals surface area contributed by atoms with Crippen molar-refractivity contribution < 1.29 is 28.9 Å². The smallest absolute Gasteiger partial charge is 0.276 e. The fraction of sp³-hybridized carbons (Fsp3) is 0.261. The molecule has 2 amide bonds. The first kappa shape index (κ1) is 33.8. The number of aliphatic carboxylic acids is 1. The molecule has 1 fully saturated rings. The number of anilines is 1. The van der Waals surface area contributed by atoms with Gasteiger partial charge in [0.25, 0.3) is 11.8 Å². The minimum atomic E-state index is -1.44. The Bertz CT molecular complexity index is 1470. The van der Waals surface area contributed by atoms with E-state index >= 15 is 0 Å². The number of pyridine rings is 1. The zero-order valence-electron chi connectivity index (χ0n) is 21.2. The predicted octanol–water partition coefficient (Wildman–Crippen LogP) is 0.0367. The summed E-state index contributed by atoms with van der Waals surface area (Å²) in [5.41, 5.74) is 6.87. The van der Waals surface area contributed by atoms with Crippen LogP contribution in [-0.4, -0.2) is 60.1 Å². The highest BCUT2D eigenvalue weighted by Gasteiger charge is 2.53. The molecular formula is C23H25Cl3N8O5S2. The number of carboxylic acids is 1. The van der Waals surface area contributed by atoms with Gasteiger partial charge in [0.05, 0.1) is 29.9 Å². The highest BCUT2D eigenvalue weighted by Crippen LogP contribution is 2.40. The van der Waals surface area contributed by atoms with E-state index in [1.54, 1.807) is 41.9 Å². The number of thiazole rings is 1. The number of β-lactam (4-membered cyclic amide) rings is 1. The van der Waals surface area contributed by atoms with Crippen molar-refractivity contribution in [1.82, 2.24) is 24.8 Å². The van der Waals surface area contributed by atoms with Crippen molar-refractivity contribution in [2.75, 3.05) is 11.5 Å². The molecular weight excluding hydrogens is 639 g/mol. The second kappa shape index (κ2) is 14.5. The summed E-state index contributed by atoms with van der Waals surface area (Å²) >= 11 is 2.48. The summed E-state index contributed by atoms with van der Waals surface area (Å²) in [6, 6.07) is 4.54. The highest BCUT2D eigenvalue weighted by atomic mass is 35.5. The molecule has 0 radical (unpaired) electrons. The molecule has 2 aliphatic heterocycles. The van der Waals surface area contributed by atoms with Crippen molar-refractivity contribution >= 4 is 88.9 Å². The lowest BCUT2D eigenvalue weighted by molar-refractivity contribution is -0.689. The molecule has 2 aliphatic rings. The zero-order chi connectivity index (χ0) is 26.8. The lowest BCUT2D eigenvalue weighted by atomic mass is 10.0. The van der Waals surface area contributed by atoms with Crippen LogP contribution in [0, 0.1) is 0 Å². The molecule has 0 unspecified atom stereocenters. The fourth-order valence-electron chi connectivity index (χ4n) is 4.05. The number of carboxylic acid groups (broad SMARTS) is 1. The maximum Gasteiger partial charge on any atom is 0.276 e. The van der Waals surface area contributed by atoms with Gasteiger partial charge in [0.15, 0.2) is 36.4 Å². The summed E-state index contributed by atoms with van der Waals surface area (Å²) in [4.78, 5) is 53.0. The molecule has 5 heterocycles. The predicted molar refractivity (Wildman–Crippen MR) is 156 cm³/mol. The maximum atomic E-state index is 13.2. The monoisotopic (exact) mass is 662 g/mol. The first-order valence-electron chi connectivity index (χ1n) is 11.3. The van der Waals surface area contributed by atoms with E-state index in [1.165, 1.54) is 16.7 Å². The first-order chi connectivity index (χ1) is 18.3. The van der Waals surface area contributed by atoms with Crippen LogP contribution in [0.5, 0.6) is 0 Å². The number of halogens is 3. The van der Waals surface area contributed by atoms with Crippen LogP contribution in [0.4, 0.5) is 5.13 Å². The van der Waals surface area contributed by atoms with Crippen LogP contribution in [0.1, 0.15) is 11.4 Å². The standard InChI is InChI=1S/C23H22N8O5S2.3ClH/c1-29-12-25-7-14(29)9-36-28-16(15-11-38-23(24)26-15)19(32)27-17-20(33)31-18(22(34)35)13(10-37-21(17)31)8-30-5-3-2-4-6-30;;;/h2-7,11-12,17,21H,8-10H2,1H3,(H3-,24,26,27,32,34,35);3*1H/t17-,21+;;;/m1.../s1. The molecule has 0 saturated carbocycles. The fourth-order valence-corrected chi connectivity index (χ4v) is 5.93. The van der Waals surface area contributed by atoms with Crippen LogP contribution < -0.4 is 20.7 Å². The SMILES string of the molecule is Cl.Cl.Cl.Cn1cncc1CON=C(C(=O)N[C@@H]1C(=O)N2C(C(=O)[O-])=C(C[n+]3ccccc3)CS[C@@H]12)c1csc(N)n1. The van der Waals surface area contributed by atoms with Crippen molar-refractivity contribution in [3.8, 4) is 0 Å². The van der Waals surface area contributed by atoms with Gasteiger partial charge in [-0.25, -0.2) is 14.5 Å². The number of thioether (sulfide) groups is 1. The third-order valence-corrected chi connectivity index (χ3v) is 7.96. The molecule has 0 aromatic carbocycles. The quantitative estimate of drug-likeness (QED) is 0.139. The number of nitrogen functional groups attached to an aromatic ring is 1. The van der Waals surface area contributed by atoms with Crippen LogP contribution in [-0.2, 0) is 39.4 Å². The molecule has 13 nitrogen and oxygen atoms in total. The summed E-state index contributed by atoms with van der Waals surface area (Å²) < 4.78 is 3.56. The average molecular weight is 664 g/mol. The zero-order valence-corrected chi connectivity index (χ0v) is 25.3. The molecule has 0 aliphatic carbocycles. The van der Waals surface area contributed by atoms with Crippen LogP contribution in [0.3, 0.4) is 0 Å². The largest absolute Gasteiger partial charge is 0.543 e. The van der Waals surface area contributed by atoms with Crippen molar-refractivity contribution in [3.05, 3.63) is 71.2 Å². The van der Waals surface area contributed by atoms with Gasteiger partial charge in [-0.05, 0) is 0 Å². The Labute approximate surface area is 261 Å². The van der Waals surface area contributed by atoms with Crippen LogP contribution >= 0.6 is 60.3 Å². The molecule has 5 rings (SSSR count). The molecule has 3 N–H and O–H groups in total. The molecule has 41 heavy (non-hydrogen) atoms. The molecule has 3 aromatic rings. The van der Waals surface area contributed by atoms with Crippen molar-refractivity contribution in [1.29, 1.82) is 0 Å². The van der Waals surface area contributed by atoms with Crippen molar-refractivity contribution in [2.24, 2.45) is 12.2 Å². The van der Waals surface area contributed by atoms with E-state index < -0.39 is 29.2 Å². The summed E-state index contributed by atoms with van der Waals surface area (Å²) in [6.07, 6.45) is 6.82. The number of nitrogens with two attached hydrogens (primary N) is 1. The summed E-state index contributed by atoms with van der Waals surface area (Å²) in [5.74, 6) is -2.35. The molecule has 0 bridgehead atoms. The van der Waals surface area contributed by atoms with E-state index in [4.69, 9.17) is 10.6 Å². The third kappa shape index (κ3) is 7.11. The molecule has 220 valence electrons. The number of aromatic nitrogens is 4. The summed E-state index contributed by atoms with van der Waals surface area (Å²) in [5, 5.41) is 19.8. The number of carbonyl (C=O) groups excluding carboxylic acids is 3. The van der Waals surface area contributed by atoms with Crippen molar-refractivity contribution in [3.63, 3.8) is 0 Å². The van der Waals surface area contributed by atoms with Gasteiger partial charge in [0.1, 0.15) is 17.1 Å².